The predicted octanol–water partition coefficient (Wildman–Crippen LogP) is 3.08. The minimum absolute atomic E-state index is 0.221. The van der Waals surface area contributed by atoms with Crippen LogP contribution in [0.4, 0.5) is 4.39 Å². The van der Waals surface area contributed by atoms with Gasteiger partial charge in [-0.15, -0.1) is 5.10 Å². The van der Waals surface area contributed by atoms with E-state index in [1.807, 2.05) is 18.2 Å². The highest BCUT2D eigenvalue weighted by molar-refractivity contribution is 5.80. The van der Waals surface area contributed by atoms with Crippen molar-refractivity contribution in [3.05, 3.63) is 53.5 Å². The highest BCUT2D eigenvalue weighted by atomic mass is 19.1. The predicted molar refractivity (Wildman–Crippen MR) is 81.1 cm³/mol. The van der Waals surface area contributed by atoms with E-state index in [1.54, 1.807) is 12.1 Å². The molecule has 6 heteroatoms. The molecule has 1 aliphatic rings. The van der Waals surface area contributed by atoms with Crippen LogP contribution in [0.2, 0.25) is 0 Å². The molecule has 2 heterocycles. The average molecular weight is 306 g/mol. The van der Waals surface area contributed by atoms with Crippen molar-refractivity contribution in [2.75, 3.05) is 6.61 Å². The summed E-state index contributed by atoms with van der Waals surface area (Å²) < 4.78 is 18.9. The zero-order valence-electron chi connectivity index (χ0n) is 12.0. The number of H-pyrrole nitrogens is 1. The molecule has 1 aliphatic heterocycles. The fourth-order valence-corrected chi connectivity index (χ4v) is 2.79. The van der Waals surface area contributed by atoms with Gasteiger partial charge in [-0.3, -0.25) is 0 Å². The Morgan fingerprint density at radius 2 is 1.96 bits per heavy atom. The second-order valence-electron chi connectivity index (χ2n) is 5.25. The Morgan fingerprint density at radius 1 is 1.13 bits per heavy atom. The Bertz CT molecular complexity index is 925. The van der Waals surface area contributed by atoms with Crippen LogP contribution in [-0.2, 0) is 6.42 Å². The molecule has 0 saturated carbocycles. The van der Waals surface area contributed by atoms with Gasteiger partial charge >= 0.3 is 0 Å². The summed E-state index contributed by atoms with van der Waals surface area (Å²) in [5, 5.41) is 19.6. The minimum Gasteiger partial charge on any atom is -0.492 e. The van der Waals surface area contributed by atoms with Crippen molar-refractivity contribution in [1.29, 1.82) is 5.26 Å². The van der Waals surface area contributed by atoms with Gasteiger partial charge in [-0.25, -0.2) is 4.39 Å². The van der Waals surface area contributed by atoms with Gasteiger partial charge in [-0.05, 0) is 41.0 Å². The number of halogens is 1. The van der Waals surface area contributed by atoms with E-state index in [-0.39, 0.29) is 11.5 Å². The highest BCUT2D eigenvalue weighted by Crippen LogP contribution is 2.40. The summed E-state index contributed by atoms with van der Waals surface area (Å²) in [7, 11) is 0. The molecule has 1 N–H and O–H groups in total. The number of rotatable bonds is 2. The normalized spacial score (nSPS) is 12.5. The first-order valence-corrected chi connectivity index (χ1v) is 7.13. The van der Waals surface area contributed by atoms with Gasteiger partial charge in [0, 0.05) is 12.0 Å². The van der Waals surface area contributed by atoms with Crippen LogP contribution in [0.15, 0.2) is 36.4 Å². The number of fused-ring (bicyclic) bond motifs is 1. The largest absolute Gasteiger partial charge is 0.492 e. The lowest BCUT2D eigenvalue weighted by Gasteiger charge is -2.10. The lowest BCUT2D eigenvalue weighted by molar-refractivity contribution is 0.358. The number of ether oxygens (including phenoxy) is 1. The summed E-state index contributed by atoms with van der Waals surface area (Å²) in [6.07, 6.45) is 0.789. The van der Waals surface area contributed by atoms with Crippen LogP contribution in [0.3, 0.4) is 0 Å². The van der Waals surface area contributed by atoms with Crippen LogP contribution in [0.5, 0.6) is 5.75 Å². The molecular weight excluding hydrogens is 295 g/mol. The molecular formula is C17H11FN4O. The summed E-state index contributed by atoms with van der Waals surface area (Å²) in [5.74, 6) is 0.461. The smallest absolute Gasteiger partial charge is 0.190 e. The molecule has 0 bridgehead atoms. The number of benzene rings is 2. The number of nitrogens with zero attached hydrogens (tertiary/aromatic N) is 3. The molecule has 4 rings (SSSR count). The lowest BCUT2D eigenvalue weighted by atomic mass is 9.96. The molecule has 0 aliphatic carbocycles. The van der Waals surface area contributed by atoms with Crippen molar-refractivity contribution in [2.24, 2.45) is 0 Å². The van der Waals surface area contributed by atoms with E-state index >= 15 is 0 Å². The molecule has 112 valence electrons. The number of hydrogen-bond acceptors (Lipinski definition) is 4. The van der Waals surface area contributed by atoms with Crippen LogP contribution >= 0.6 is 0 Å². The van der Waals surface area contributed by atoms with Crippen molar-refractivity contribution in [2.45, 2.75) is 6.42 Å². The van der Waals surface area contributed by atoms with Crippen LogP contribution in [-0.4, -0.2) is 22.0 Å². The van der Waals surface area contributed by atoms with E-state index < -0.39 is 0 Å². The molecule has 0 radical (unpaired) electrons. The van der Waals surface area contributed by atoms with Crippen molar-refractivity contribution in [1.82, 2.24) is 15.4 Å². The molecule has 2 aromatic carbocycles. The topological polar surface area (TPSA) is 74.6 Å². The van der Waals surface area contributed by atoms with Crippen molar-refractivity contribution >= 4 is 0 Å². The van der Waals surface area contributed by atoms with Gasteiger partial charge in [0.1, 0.15) is 23.3 Å². The zero-order chi connectivity index (χ0) is 15.8. The molecule has 0 spiro atoms. The van der Waals surface area contributed by atoms with E-state index in [9.17, 15) is 9.65 Å². The van der Waals surface area contributed by atoms with E-state index in [2.05, 4.69) is 15.4 Å². The summed E-state index contributed by atoms with van der Waals surface area (Å²) in [6.45, 7) is 0.592. The average Bonchev–Trinajstić information content (AvgIpc) is 3.23. The second-order valence-corrected chi connectivity index (χ2v) is 5.25. The third-order valence-electron chi connectivity index (χ3n) is 3.87. The Morgan fingerprint density at radius 3 is 2.74 bits per heavy atom. The van der Waals surface area contributed by atoms with Gasteiger partial charge in [0.25, 0.3) is 0 Å². The maximum absolute atomic E-state index is 13.1. The Hall–Kier alpha value is -3.20. The quantitative estimate of drug-likeness (QED) is 0.789. The molecule has 3 aromatic rings. The fourth-order valence-electron chi connectivity index (χ4n) is 2.79. The number of aromatic nitrogens is 3. The van der Waals surface area contributed by atoms with Gasteiger partial charge in [0.05, 0.1) is 6.61 Å². The Balaban J connectivity index is 1.92. The van der Waals surface area contributed by atoms with Crippen molar-refractivity contribution in [3.8, 4) is 34.2 Å². The standard InChI is InChI=1S/C17H11FN4O/c18-13-3-1-10(2-4-13)12-7-11-5-6-23-17(11)14(8-12)16-15(9-19)20-22-21-16/h1-4,7-8H,5-6H2,(H,20,21,22). The number of nitrogens with one attached hydrogen (secondary N) is 1. The number of aromatic amines is 1. The minimum atomic E-state index is -0.276. The maximum atomic E-state index is 13.1. The maximum Gasteiger partial charge on any atom is 0.190 e. The molecule has 0 saturated heterocycles. The Labute approximate surface area is 131 Å². The van der Waals surface area contributed by atoms with Gasteiger partial charge in [-0.1, -0.05) is 12.1 Å². The molecule has 1 aromatic heterocycles. The fraction of sp³-hybridized carbons (Fsp3) is 0.118. The zero-order valence-corrected chi connectivity index (χ0v) is 12.0. The van der Waals surface area contributed by atoms with E-state index in [1.165, 1.54) is 12.1 Å². The molecule has 0 unspecified atom stereocenters. The first kappa shape index (κ1) is 13.5. The van der Waals surface area contributed by atoms with Crippen LogP contribution in [0.1, 0.15) is 11.3 Å². The third kappa shape index (κ3) is 2.23. The summed E-state index contributed by atoms with van der Waals surface area (Å²) in [6, 6.07) is 12.3. The van der Waals surface area contributed by atoms with Gasteiger partial charge in [0.2, 0.25) is 0 Å². The molecule has 0 fully saturated rings. The van der Waals surface area contributed by atoms with Crippen molar-refractivity contribution < 1.29 is 9.13 Å². The first-order valence-electron chi connectivity index (χ1n) is 7.13. The second kappa shape index (κ2) is 5.21. The summed E-state index contributed by atoms with van der Waals surface area (Å²) >= 11 is 0. The summed E-state index contributed by atoms with van der Waals surface area (Å²) in [5.41, 5.74) is 4.28. The van der Waals surface area contributed by atoms with E-state index in [0.717, 1.165) is 34.4 Å². The first-order chi connectivity index (χ1) is 11.3. The molecule has 0 atom stereocenters. The summed E-state index contributed by atoms with van der Waals surface area (Å²) in [4.78, 5) is 0. The van der Waals surface area contributed by atoms with Crippen LogP contribution < -0.4 is 4.74 Å². The van der Waals surface area contributed by atoms with Gasteiger partial charge in [0.15, 0.2) is 5.69 Å². The number of hydrogen-bond donors (Lipinski definition) is 1. The van der Waals surface area contributed by atoms with Crippen LogP contribution in [0, 0.1) is 17.1 Å². The number of nitriles is 1. The van der Waals surface area contributed by atoms with Gasteiger partial charge in [-0.2, -0.15) is 15.6 Å². The van der Waals surface area contributed by atoms with E-state index in [4.69, 9.17) is 4.74 Å². The lowest BCUT2D eigenvalue weighted by Crippen LogP contribution is -1.91. The van der Waals surface area contributed by atoms with E-state index in [0.29, 0.717) is 12.3 Å². The third-order valence-corrected chi connectivity index (χ3v) is 3.87. The molecule has 0 amide bonds. The SMILES string of the molecule is N#Cc1n[nH]nc1-c1cc(-c2ccc(F)cc2)cc2c1OCC2. The molecule has 5 nitrogen and oxygen atoms in total. The highest BCUT2D eigenvalue weighted by Gasteiger charge is 2.23. The Kier molecular flexibility index (Phi) is 3.05. The van der Waals surface area contributed by atoms with Crippen molar-refractivity contribution in [3.63, 3.8) is 0 Å². The monoisotopic (exact) mass is 306 g/mol. The van der Waals surface area contributed by atoms with Gasteiger partial charge < -0.3 is 4.74 Å². The molecule has 23 heavy (non-hydrogen) atoms. The van der Waals surface area contributed by atoms with Crippen LogP contribution in [0.25, 0.3) is 22.4 Å².